The molecule has 0 saturated carbocycles. The molecule has 0 radical (unpaired) electrons. The van der Waals surface area contributed by atoms with Crippen LogP contribution in [-0.2, 0) is 31.1 Å². The van der Waals surface area contributed by atoms with Crippen LogP contribution in [0.5, 0.6) is 0 Å². The van der Waals surface area contributed by atoms with Gasteiger partial charge in [0, 0.05) is 13.7 Å². The molecule has 1 aromatic rings. The van der Waals surface area contributed by atoms with Crippen LogP contribution in [0.25, 0.3) is 0 Å². The van der Waals surface area contributed by atoms with E-state index in [0.717, 1.165) is 12.7 Å². The molecule has 1 rings (SSSR count). The number of hydrogen-bond acceptors (Lipinski definition) is 6. The second-order valence-electron chi connectivity index (χ2n) is 6.29. The van der Waals surface area contributed by atoms with Gasteiger partial charge >= 0.3 is 0 Å². The number of nitrogens with one attached hydrogen (secondary N) is 3. The predicted octanol–water partition coefficient (Wildman–Crippen LogP) is -1.71. The first-order valence-corrected chi connectivity index (χ1v) is 10.8. The van der Waals surface area contributed by atoms with E-state index < -0.39 is 34.9 Å². The van der Waals surface area contributed by atoms with Gasteiger partial charge in [0.05, 0.1) is 29.3 Å². The molecule has 0 bridgehead atoms. The zero-order valence-electron chi connectivity index (χ0n) is 17.7. The molecule has 1 aromatic carbocycles. The van der Waals surface area contributed by atoms with Crippen LogP contribution in [0.15, 0.2) is 35.3 Å². The van der Waals surface area contributed by atoms with E-state index in [0.29, 0.717) is 25.7 Å². The molecule has 2 amide bonds. The Bertz CT molecular complexity index is 728. The van der Waals surface area contributed by atoms with E-state index in [2.05, 4.69) is 20.3 Å². The van der Waals surface area contributed by atoms with E-state index in [9.17, 15) is 18.6 Å². The van der Waals surface area contributed by atoms with Crippen LogP contribution in [0.1, 0.15) is 25.3 Å². The molecule has 0 heterocycles. The molecule has 0 saturated heterocycles. The van der Waals surface area contributed by atoms with E-state index in [4.69, 9.17) is 16.6 Å². The zero-order chi connectivity index (χ0) is 23.6. The Balaban J connectivity index is 0.00000436. The first-order valence-electron chi connectivity index (χ1n) is 9.52. The predicted molar refractivity (Wildman–Crippen MR) is 120 cm³/mol. The van der Waals surface area contributed by atoms with Crippen molar-refractivity contribution < 1.29 is 23.7 Å². The van der Waals surface area contributed by atoms with Gasteiger partial charge in [-0.1, -0.05) is 30.3 Å². The minimum atomic E-state index is -1.42. The van der Waals surface area contributed by atoms with Crippen molar-refractivity contribution in [3.8, 4) is 0 Å². The van der Waals surface area contributed by atoms with Gasteiger partial charge in [-0.2, -0.15) is 0 Å². The topological polar surface area (TPSA) is 189 Å². The number of nitrogens with two attached hydrogens (primary N) is 2. The summed E-state index contributed by atoms with van der Waals surface area (Å²) in [5, 5.41) is 12.0. The molecule has 0 spiro atoms. The summed E-state index contributed by atoms with van der Waals surface area (Å²) in [7, 11) is -0.422. The standard InChI is InChI=1S/C18H28N6O4S.CH4O/c1-13(17(27)24-15(11-25)8-5-9-21-18(19)20)23-16(26)10-22-29(28)12-14-6-3-2-4-7-14;1-2/h2-4,6-7,11,13,15,22H,5,8-10,12H2,1H3,(H,23,26)(H,24,27)(H4,19,20,21);2H,1H3/t13-,15-,29?;/m0./s1. The summed E-state index contributed by atoms with van der Waals surface area (Å²) >= 11 is 0. The van der Waals surface area contributed by atoms with Crippen LogP contribution >= 0.6 is 0 Å². The monoisotopic (exact) mass is 456 g/mol. The van der Waals surface area contributed by atoms with Crippen molar-refractivity contribution >= 4 is 35.0 Å². The molecule has 8 N–H and O–H groups in total. The first-order chi connectivity index (χ1) is 14.8. The van der Waals surface area contributed by atoms with Crippen molar-refractivity contribution in [2.45, 2.75) is 37.6 Å². The minimum Gasteiger partial charge on any atom is -0.400 e. The number of benzene rings is 1. The summed E-state index contributed by atoms with van der Waals surface area (Å²) in [6, 6.07) is 7.66. The number of aliphatic hydroxyl groups is 1. The van der Waals surface area contributed by atoms with E-state index in [-0.39, 0.29) is 18.3 Å². The lowest BCUT2D eigenvalue weighted by Gasteiger charge is -2.17. The zero-order valence-corrected chi connectivity index (χ0v) is 18.6. The summed E-state index contributed by atoms with van der Waals surface area (Å²) in [5.74, 6) is -0.746. The third-order valence-electron chi connectivity index (χ3n) is 3.76. The number of aldehydes is 1. The number of guanidine groups is 1. The molecule has 0 aliphatic carbocycles. The van der Waals surface area contributed by atoms with Crippen LogP contribution in [-0.4, -0.2) is 65.7 Å². The molecule has 31 heavy (non-hydrogen) atoms. The van der Waals surface area contributed by atoms with Gasteiger partial charge in [0.25, 0.3) is 0 Å². The molecular formula is C19H32N6O5S. The lowest BCUT2D eigenvalue weighted by atomic mass is 10.1. The maximum Gasteiger partial charge on any atom is 0.242 e. The third kappa shape index (κ3) is 13.9. The summed E-state index contributed by atoms with van der Waals surface area (Å²) in [4.78, 5) is 39.0. The SMILES string of the molecule is CO.C[C@H](NC(=O)CNS(=O)Cc1ccccc1)C(=O)N[C@H](C=O)CCCN=C(N)N. The average molecular weight is 457 g/mol. The normalized spacial score (nSPS) is 12.9. The summed E-state index contributed by atoms with van der Waals surface area (Å²) in [5.41, 5.74) is 11.3. The van der Waals surface area contributed by atoms with Crippen molar-refractivity contribution in [2.24, 2.45) is 16.5 Å². The van der Waals surface area contributed by atoms with Gasteiger partial charge < -0.3 is 32.0 Å². The Kier molecular flexibility index (Phi) is 15.4. The molecule has 0 aliphatic heterocycles. The van der Waals surface area contributed by atoms with Gasteiger partial charge in [0.1, 0.15) is 12.3 Å². The highest BCUT2D eigenvalue weighted by Crippen LogP contribution is 2.01. The van der Waals surface area contributed by atoms with Gasteiger partial charge in [-0.15, -0.1) is 0 Å². The molecule has 0 aromatic heterocycles. The molecular weight excluding hydrogens is 424 g/mol. The first kappa shape index (κ1) is 28.2. The molecule has 174 valence electrons. The van der Waals surface area contributed by atoms with Crippen LogP contribution in [0.2, 0.25) is 0 Å². The lowest BCUT2D eigenvalue weighted by Crippen LogP contribution is -2.50. The van der Waals surface area contributed by atoms with E-state index in [1.165, 1.54) is 6.92 Å². The van der Waals surface area contributed by atoms with Gasteiger partial charge in [-0.25, -0.2) is 8.93 Å². The van der Waals surface area contributed by atoms with E-state index in [1.807, 2.05) is 30.3 Å². The maximum atomic E-state index is 12.1. The Morgan fingerprint density at radius 2 is 1.84 bits per heavy atom. The van der Waals surface area contributed by atoms with Crippen molar-refractivity contribution in [2.75, 3.05) is 20.2 Å². The number of hydrogen-bond donors (Lipinski definition) is 6. The highest BCUT2D eigenvalue weighted by Gasteiger charge is 2.19. The summed E-state index contributed by atoms with van der Waals surface area (Å²) < 4.78 is 14.6. The number of amides is 2. The number of carbonyl (C=O) groups is 3. The third-order valence-corrected chi connectivity index (χ3v) is 4.83. The van der Waals surface area contributed by atoms with Gasteiger partial charge in [0.15, 0.2) is 5.96 Å². The van der Waals surface area contributed by atoms with Crippen LogP contribution in [0.4, 0.5) is 0 Å². The van der Waals surface area contributed by atoms with Gasteiger partial charge in [0.2, 0.25) is 11.8 Å². The second-order valence-corrected chi connectivity index (χ2v) is 7.55. The van der Waals surface area contributed by atoms with Crippen LogP contribution in [0, 0.1) is 0 Å². The smallest absolute Gasteiger partial charge is 0.242 e. The van der Waals surface area contributed by atoms with Crippen molar-refractivity contribution in [1.82, 2.24) is 15.4 Å². The highest BCUT2D eigenvalue weighted by molar-refractivity contribution is 7.82. The fourth-order valence-electron chi connectivity index (χ4n) is 2.28. The molecule has 1 unspecified atom stereocenters. The fraction of sp³-hybridized carbons (Fsp3) is 0.474. The number of rotatable bonds is 13. The van der Waals surface area contributed by atoms with Crippen molar-refractivity contribution in [3.05, 3.63) is 35.9 Å². The lowest BCUT2D eigenvalue weighted by molar-refractivity contribution is -0.129. The average Bonchev–Trinajstić information content (AvgIpc) is 2.76. The number of aliphatic hydroxyl groups excluding tert-OH is 1. The largest absolute Gasteiger partial charge is 0.400 e. The van der Waals surface area contributed by atoms with E-state index in [1.54, 1.807) is 0 Å². The maximum absolute atomic E-state index is 12.1. The van der Waals surface area contributed by atoms with Gasteiger partial charge in [-0.05, 0) is 25.3 Å². The Hall–Kier alpha value is -2.83. The highest BCUT2D eigenvalue weighted by atomic mass is 32.2. The quantitative estimate of drug-likeness (QED) is 0.0881. The summed E-state index contributed by atoms with van der Waals surface area (Å²) in [6.45, 7) is 1.64. The molecule has 12 heteroatoms. The number of carbonyl (C=O) groups excluding carboxylic acids is 3. The van der Waals surface area contributed by atoms with E-state index >= 15 is 0 Å². The molecule has 11 nitrogen and oxygen atoms in total. The Morgan fingerprint density at radius 1 is 1.19 bits per heavy atom. The Morgan fingerprint density at radius 3 is 2.42 bits per heavy atom. The second kappa shape index (κ2) is 16.9. The fourth-order valence-corrected chi connectivity index (χ4v) is 3.17. The Labute approximate surface area is 184 Å². The molecule has 0 fully saturated rings. The van der Waals surface area contributed by atoms with Crippen molar-refractivity contribution in [3.63, 3.8) is 0 Å². The number of aliphatic imine (C=N–C) groups is 1. The minimum absolute atomic E-state index is 0.0358. The van der Waals surface area contributed by atoms with Crippen LogP contribution in [0.3, 0.4) is 0 Å². The molecule has 3 atom stereocenters. The van der Waals surface area contributed by atoms with Gasteiger partial charge in [-0.3, -0.25) is 14.6 Å². The van der Waals surface area contributed by atoms with Crippen molar-refractivity contribution in [1.29, 1.82) is 0 Å². The number of nitrogens with zero attached hydrogens (tertiary/aromatic N) is 1. The summed E-state index contributed by atoms with van der Waals surface area (Å²) in [6.07, 6.45) is 1.50. The molecule has 0 aliphatic rings. The van der Waals surface area contributed by atoms with Crippen LogP contribution < -0.4 is 26.8 Å².